The summed E-state index contributed by atoms with van der Waals surface area (Å²) in [4.78, 5) is 26.5. The average molecular weight is 356 g/mol. The minimum Gasteiger partial charge on any atom is -0.443 e. The van der Waals surface area contributed by atoms with E-state index in [2.05, 4.69) is 0 Å². The number of fused-ring (bicyclic) bond motifs is 1. The summed E-state index contributed by atoms with van der Waals surface area (Å²) in [6.07, 6.45) is 1.05. The summed E-state index contributed by atoms with van der Waals surface area (Å²) in [5.41, 5.74) is 1.70. The second-order valence-corrected chi connectivity index (χ2v) is 7.19. The van der Waals surface area contributed by atoms with Crippen LogP contribution in [0.4, 0.5) is 10.5 Å². The topological polar surface area (TPSA) is 46.6 Å². The van der Waals surface area contributed by atoms with Gasteiger partial charge in [-0.2, -0.15) is 0 Å². The summed E-state index contributed by atoms with van der Waals surface area (Å²) in [7, 11) is 0. The number of anilines is 1. The molecule has 0 saturated carbocycles. The van der Waals surface area contributed by atoms with E-state index in [4.69, 9.17) is 16.3 Å². The maximum Gasteiger partial charge on any atom is 0.422 e. The van der Waals surface area contributed by atoms with E-state index in [0.29, 0.717) is 21.8 Å². The van der Waals surface area contributed by atoms with Crippen LogP contribution in [0.5, 0.6) is 0 Å². The lowest BCUT2D eigenvalue weighted by atomic mass is 10.0. The van der Waals surface area contributed by atoms with Gasteiger partial charge in [-0.15, -0.1) is 0 Å². The van der Waals surface area contributed by atoms with Gasteiger partial charge < -0.3 is 4.74 Å². The van der Waals surface area contributed by atoms with E-state index < -0.39 is 17.6 Å². The van der Waals surface area contributed by atoms with Gasteiger partial charge in [0.1, 0.15) is 5.60 Å². The molecular weight excluding hydrogens is 338 g/mol. The summed E-state index contributed by atoms with van der Waals surface area (Å²) < 4.78 is 5.38. The number of benzene rings is 2. The van der Waals surface area contributed by atoms with Crippen LogP contribution in [-0.4, -0.2) is 17.6 Å². The molecule has 3 rings (SSSR count). The minimum atomic E-state index is -0.711. The highest BCUT2D eigenvalue weighted by molar-refractivity contribution is 6.42. The second-order valence-electron chi connectivity index (χ2n) is 6.75. The van der Waals surface area contributed by atoms with Gasteiger partial charge in [0.25, 0.3) is 5.91 Å². The Kier molecular flexibility index (Phi) is 4.39. The van der Waals surface area contributed by atoms with Gasteiger partial charge in [0, 0.05) is 10.6 Å². The van der Waals surface area contributed by atoms with Gasteiger partial charge in [0.2, 0.25) is 0 Å². The Labute approximate surface area is 151 Å². The van der Waals surface area contributed by atoms with Gasteiger partial charge in [-0.25, -0.2) is 9.69 Å². The van der Waals surface area contributed by atoms with Gasteiger partial charge in [-0.3, -0.25) is 4.79 Å². The largest absolute Gasteiger partial charge is 0.443 e. The summed E-state index contributed by atoms with van der Waals surface area (Å²) in [6, 6.07) is 14.5. The number of amides is 2. The third-order valence-corrected chi connectivity index (χ3v) is 3.85. The van der Waals surface area contributed by atoms with Crippen LogP contribution in [0.3, 0.4) is 0 Å². The fourth-order valence-electron chi connectivity index (χ4n) is 2.61. The number of carbonyl (C=O) groups is 2. The zero-order valence-electron chi connectivity index (χ0n) is 14.2. The zero-order chi connectivity index (χ0) is 18.2. The van der Waals surface area contributed by atoms with Crippen molar-refractivity contribution in [2.24, 2.45) is 0 Å². The van der Waals surface area contributed by atoms with E-state index in [1.165, 1.54) is 0 Å². The van der Waals surface area contributed by atoms with Crippen LogP contribution in [0.25, 0.3) is 11.6 Å². The maximum absolute atomic E-state index is 12.9. The van der Waals surface area contributed by atoms with Gasteiger partial charge in [0.15, 0.2) is 0 Å². The predicted molar refractivity (Wildman–Crippen MR) is 99.5 cm³/mol. The fraction of sp³-hybridized carbons (Fsp3) is 0.200. The van der Waals surface area contributed by atoms with Crippen LogP contribution in [0.15, 0.2) is 48.5 Å². The fourth-order valence-corrected chi connectivity index (χ4v) is 2.77. The van der Waals surface area contributed by atoms with Gasteiger partial charge in [-0.05, 0) is 44.5 Å². The van der Waals surface area contributed by atoms with Crippen molar-refractivity contribution in [2.45, 2.75) is 26.4 Å². The lowest BCUT2D eigenvalue weighted by molar-refractivity contribution is -0.112. The molecule has 25 heavy (non-hydrogen) atoms. The molecule has 2 aromatic rings. The monoisotopic (exact) mass is 355 g/mol. The van der Waals surface area contributed by atoms with Crippen molar-refractivity contribution in [3.63, 3.8) is 0 Å². The molecule has 0 spiro atoms. The molecule has 2 amide bonds. The van der Waals surface area contributed by atoms with Gasteiger partial charge in [-0.1, -0.05) is 48.0 Å². The smallest absolute Gasteiger partial charge is 0.422 e. The quantitative estimate of drug-likeness (QED) is 0.663. The number of imide groups is 1. The maximum atomic E-state index is 12.9. The summed E-state index contributed by atoms with van der Waals surface area (Å²) in [6.45, 7) is 5.27. The lowest BCUT2D eigenvalue weighted by Crippen LogP contribution is -2.38. The highest BCUT2D eigenvalue weighted by Gasteiger charge is 2.39. The molecule has 0 fully saturated rings. The average Bonchev–Trinajstić information content (AvgIpc) is 2.78. The Morgan fingerprint density at radius 1 is 1.12 bits per heavy atom. The Bertz CT molecular complexity index is 866. The predicted octanol–water partition coefficient (Wildman–Crippen LogP) is 5.16. The standard InChI is InChI=1S/C20H18ClNO3/c1-20(2,3)25-19(24)22-17-12-14(21)9-10-15(17)16(18(22)23)11-13-7-5-4-6-8-13/h4-12H,1-3H3. The first-order chi connectivity index (χ1) is 11.8. The Morgan fingerprint density at radius 3 is 2.44 bits per heavy atom. The van der Waals surface area contributed by atoms with Crippen LogP contribution >= 0.6 is 11.6 Å². The number of hydrogen-bond donors (Lipinski definition) is 0. The molecule has 0 aliphatic carbocycles. The summed E-state index contributed by atoms with van der Waals surface area (Å²) in [5, 5.41) is 0.445. The number of hydrogen-bond acceptors (Lipinski definition) is 3. The first kappa shape index (κ1) is 17.2. The van der Waals surface area contributed by atoms with Crippen molar-refractivity contribution in [3.05, 3.63) is 64.7 Å². The van der Waals surface area contributed by atoms with Crippen LogP contribution in [-0.2, 0) is 9.53 Å². The van der Waals surface area contributed by atoms with Crippen molar-refractivity contribution in [1.82, 2.24) is 0 Å². The number of carbonyl (C=O) groups excluding carboxylic acids is 2. The molecular formula is C20H18ClNO3. The summed E-state index contributed by atoms with van der Waals surface area (Å²) >= 11 is 6.07. The van der Waals surface area contributed by atoms with Crippen LogP contribution in [0.2, 0.25) is 5.02 Å². The highest BCUT2D eigenvalue weighted by atomic mass is 35.5. The third kappa shape index (κ3) is 3.59. The van der Waals surface area contributed by atoms with E-state index in [9.17, 15) is 9.59 Å². The summed E-state index contributed by atoms with van der Waals surface area (Å²) in [5.74, 6) is -0.421. The first-order valence-corrected chi connectivity index (χ1v) is 8.28. The van der Waals surface area contributed by atoms with E-state index in [1.807, 2.05) is 30.3 Å². The van der Waals surface area contributed by atoms with E-state index in [0.717, 1.165) is 10.5 Å². The third-order valence-electron chi connectivity index (χ3n) is 3.61. The molecule has 0 atom stereocenters. The normalized spacial score (nSPS) is 15.4. The van der Waals surface area contributed by atoms with Crippen LogP contribution < -0.4 is 4.90 Å². The van der Waals surface area contributed by atoms with Crippen molar-refractivity contribution in [1.29, 1.82) is 0 Å². The minimum absolute atomic E-state index is 0.421. The second kappa shape index (κ2) is 6.37. The van der Waals surface area contributed by atoms with Crippen molar-refractivity contribution in [3.8, 4) is 0 Å². The Hall–Kier alpha value is -2.59. The van der Waals surface area contributed by atoms with Crippen LogP contribution in [0.1, 0.15) is 31.9 Å². The molecule has 5 heteroatoms. The molecule has 0 unspecified atom stereocenters. The Balaban J connectivity index is 2.08. The van der Waals surface area contributed by atoms with Gasteiger partial charge >= 0.3 is 6.09 Å². The molecule has 0 radical (unpaired) electrons. The van der Waals surface area contributed by atoms with Crippen molar-refractivity contribution in [2.75, 3.05) is 4.90 Å². The van der Waals surface area contributed by atoms with Crippen LogP contribution in [0, 0.1) is 0 Å². The number of halogens is 1. The highest BCUT2D eigenvalue weighted by Crippen LogP contribution is 2.40. The zero-order valence-corrected chi connectivity index (χ0v) is 15.0. The SMILES string of the molecule is CC(C)(C)OC(=O)N1C(=O)C(=Cc2ccccc2)c2ccc(Cl)cc21. The lowest BCUT2D eigenvalue weighted by Gasteiger charge is -2.23. The number of ether oxygens (including phenoxy) is 1. The molecule has 128 valence electrons. The molecule has 1 aliphatic heterocycles. The molecule has 0 bridgehead atoms. The van der Waals surface area contributed by atoms with E-state index in [-0.39, 0.29) is 0 Å². The molecule has 0 saturated heterocycles. The molecule has 1 heterocycles. The number of nitrogens with zero attached hydrogens (tertiary/aromatic N) is 1. The van der Waals surface area contributed by atoms with Crippen molar-refractivity contribution >= 4 is 40.9 Å². The Morgan fingerprint density at radius 2 is 1.80 bits per heavy atom. The molecule has 4 nitrogen and oxygen atoms in total. The molecule has 0 aromatic heterocycles. The van der Waals surface area contributed by atoms with E-state index in [1.54, 1.807) is 45.0 Å². The molecule has 0 N–H and O–H groups in total. The molecule has 2 aromatic carbocycles. The van der Waals surface area contributed by atoms with E-state index >= 15 is 0 Å². The van der Waals surface area contributed by atoms with Crippen molar-refractivity contribution < 1.29 is 14.3 Å². The first-order valence-electron chi connectivity index (χ1n) is 7.90. The number of rotatable bonds is 1. The molecule has 1 aliphatic rings. The van der Waals surface area contributed by atoms with Gasteiger partial charge in [0.05, 0.1) is 11.3 Å².